The number of halogens is 2. The molecule has 1 N–H and O–H groups in total. The molecule has 2 aromatic carbocycles. The maximum absolute atomic E-state index is 13.9. The van der Waals surface area contributed by atoms with Gasteiger partial charge in [0.1, 0.15) is 5.82 Å². The van der Waals surface area contributed by atoms with E-state index in [0.717, 1.165) is 5.56 Å². The number of carbonyl (C=O) groups is 1. The smallest absolute Gasteiger partial charge is 0.259 e. The van der Waals surface area contributed by atoms with Gasteiger partial charge in [0, 0.05) is 32.2 Å². The lowest BCUT2D eigenvalue weighted by atomic mass is 10.1. The van der Waals surface area contributed by atoms with Crippen LogP contribution < -0.4 is 14.8 Å². The number of hydrogen-bond donors (Lipinski definition) is 1. The van der Waals surface area contributed by atoms with Crippen molar-refractivity contribution in [1.82, 2.24) is 10.2 Å². The molecule has 0 aliphatic rings. The highest BCUT2D eigenvalue weighted by Gasteiger charge is 2.16. The standard InChI is InChI=1S/C21H26ClFN2O3/c1-5-27-19-11-15(10-17(22)21(19)28-13-20(26)25(3)4)12-24-14(2)16-8-6-7-9-18(16)23/h6-11,14,24H,5,12-13H2,1-4H3/t14-/m0/s1. The van der Waals surface area contributed by atoms with Crippen LogP contribution in [0.25, 0.3) is 0 Å². The van der Waals surface area contributed by atoms with E-state index in [0.29, 0.717) is 35.2 Å². The summed E-state index contributed by atoms with van der Waals surface area (Å²) >= 11 is 6.37. The van der Waals surface area contributed by atoms with Crippen molar-refractivity contribution in [2.24, 2.45) is 0 Å². The average Bonchev–Trinajstić information content (AvgIpc) is 2.65. The Bertz CT molecular complexity index is 814. The van der Waals surface area contributed by atoms with Gasteiger partial charge in [-0.05, 0) is 37.6 Å². The second kappa shape index (κ2) is 10.3. The number of hydrogen-bond acceptors (Lipinski definition) is 4. The summed E-state index contributed by atoms with van der Waals surface area (Å²) in [5.41, 5.74) is 1.46. The summed E-state index contributed by atoms with van der Waals surface area (Å²) in [6, 6.07) is 10.1. The molecule has 1 amide bonds. The molecule has 28 heavy (non-hydrogen) atoms. The van der Waals surface area contributed by atoms with Crippen LogP contribution in [0.4, 0.5) is 4.39 Å². The lowest BCUT2D eigenvalue weighted by molar-refractivity contribution is -0.130. The Kier molecular flexibility index (Phi) is 8.08. The Labute approximate surface area is 170 Å². The van der Waals surface area contributed by atoms with Crippen LogP contribution in [-0.4, -0.2) is 38.1 Å². The van der Waals surface area contributed by atoms with Crippen LogP contribution in [0.1, 0.15) is 31.0 Å². The predicted molar refractivity (Wildman–Crippen MR) is 108 cm³/mol. The highest BCUT2D eigenvalue weighted by atomic mass is 35.5. The predicted octanol–water partition coefficient (Wildman–Crippen LogP) is 4.20. The number of benzene rings is 2. The minimum Gasteiger partial charge on any atom is -0.490 e. The molecule has 0 aromatic heterocycles. The SMILES string of the molecule is CCOc1cc(CN[C@@H](C)c2ccccc2F)cc(Cl)c1OCC(=O)N(C)C. The first-order valence-electron chi connectivity index (χ1n) is 9.09. The van der Waals surface area contributed by atoms with Gasteiger partial charge in [0.15, 0.2) is 18.1 Å². The Hall–Kier alpha value is -2.31. The summed E-state index contributed by atoms with van der Waals surface area (Å²) in [7, 11) is 3.31. The van der Waals surface area contributed by atoms with Gasteiger partial charge in [0.05, 0.1) is 11.6 Å². The quantitative estimate of drug-likeness (QED) is 0.675. The zero-order valence-corrected chi connectivity index (χ0v) is 17.3. The molecule has 0 bridgehead atoms. The minimum atomic E-state index is -0.246. The van der Waals surface area contributed by atoms with Crippen LogP contribution in [0.2, 0.25) is 5.02 Å². The Morgan fingerprint density at radius 1 is 1.25 bits per heavy atom. The molecule has 1 atom stereocenters. The molecule has 7 heteroatoms. The molecule has 2 aromatic rings. The van der Waals surface area contributed by atoms with Crippen LogP contribution in [-0.2, 0) is 11.3 Å². The van der Waals surface area contributed by atoms with Gasteiger partial charge in [-0.25, -0.2) is 4.39 Å². The summed E-state index contributed by atoms with van der Waals surface area (Å²) in [6.07, 6.45) is 0. The van der Waals surface area contributed by atoms with Crippen molar-refractivity contribution in [2.75, 3.05) is 27.3 Å². The van der Waals surface area contributed by atoms with Crippen molar-refractivity contribution in [3.63, 3.8) is 0 Å². The number of carbonyl (C=O) groups excluding carboxylic acids is 1. The van der Waals surface area contributed by atoms with Crippen LogP contribution in [0.15, 0.2) is 36.4 Å². The lowest BCUT2D eigenvalue weighted by Gasteiger charge is -2.18. The first-order valence-corrected chi connectivity index (χ1v) is 9.47. The van der Waals surface area contributed by atoms with E-state index < -0.39 is 0 Å². The van der Waals surface area contributed by atoms with Crippen molar-refractivity contribution in [3.8, 4) is 11.5 Å². The minimum absolute atomic E-state index is 0.130. The van der Waals surface area contributed by atoms with E-state index >= 15 is 0 Å². The Morgan fingerprint density at radius 3 is 2.61 bits per heavy atom. The van der Waals surface area contributed by atoms with Gasteiger partial charge < -0.3 is 19.7 Å². The summed E-state index contributed by atoms with van der Waals surface area (Å²) in [6.45, 7) is 4.51. The maximum Gasteiger partial charge on any atom is 0.259 e. The van der Waals surface area contributed by atoms with E-state index in [4.69, 9.17) is 21.1 Å². The fourth-order valence-electron chi connectivity index (χ4n) is 2.60. The topological polar surface area (TPSA) is 50.8 Å². The summed E-state index contributed by atoms with van der Waals surface area (Å²) in [5, 5.41) is 3.64. The fraction of sp³-hybridized carbons (Fsp3) is 0.381. The lowest BCUT2D eigenvalue weighted by Crippen LogP contribution is -2.27. The van der Waals surface area contributed by atoms with Crippen molar-refractivity contribution in [3.05, 3.63) is 58.4 Å². The Balaban J connectivity index is 2.13. The maximum atomic E-state index is 13.9. The highest BCUT2D eigenvalue weighted by Crippen LogP contribution is 2.37. The molecule has 0 aliphatic heterocycles. The molecule has 2 rings (SSSR count). The third-order valence-electron chi connectivity index (χ3n) is 4.19. The number of likely N-dealkylation sites (N-methyl/N-ethyl adjacent to an activating group) is 1. The van der Waals surface area contributed by atoms with E-state index in [-0.39, 0.29) is 24.4 Å². The summed E-state index contributed by atoms with van der Waals surface area (Å²) in [4.78, 5) is 13.2. The van der Waals surface area contributed by atoms with Crippen LogP contribution >= 0.6 is 11.6 Å². The molecule has 0 aliphatic carbocycles. The first-order chi connectivity index (χ1) is 13.3. The first kappa shape index (κ1) is 22.0. The van der Waals surface area contributed by atoms with Gasteiger partial charge in [-0.2, -0.15) is 0 Å². The normalized spacial score (nSPS) is 11.8. The van der Waals surface area contributed by atoms with E-state index in [9.17, 15) is 9.18 Å². The molecule has 5 nitrogen and oxygen atoms in total. The summed E-state index contributed by atoms with van der Waals surface area (Å²) in [5.74, 6) is 0.384. The average molecular weight is 409 g/mol. The van der Waals surface area contributed by atoms with Crippen molar-refractivity contribution >= 4 is 17.5 Å². The molecule has 0 fully saturated rings. The van der Waals surface area contributed by atoms with Gasteiger partial charge in [-0.15, -0.1) is 0 Å². The highest BCUT2D eigenvalue weighted by molar-refractivity contribution is 6.32. The van der Waals surface area contributed by atoms with Gasteiger partial charge in [0.2, 0.25) is 0 Å². The van der Waals surface area contributed by atoms with Crippen molar-refractivity contribution in [1.29, 1.82) is 0 Å². The fourth-order valence-corrected chi connectivity index (χ4v) is 2.88. The molecule has 0 heterocycles. The van der Waals surface area contributed by atoms with Gasteiger partial charge in [0.25, 0.3) is 5.91 Å². The van der Waals surface area contributed by atoms with E-state index in [1.165, 1.54) is 11.0 Å². The zero-order valence-electron chi connectivity index (χ0n) is 16.6. The second-order valence-electron chi connectivity index (χ2n) is 6.54. The van der Waals surface area contributed by atoms with Gasteiger partial charge in [-0.1, -0.05) is 29.8 Å². The largest absolute Gasteiger partial charge is 0.490 e. The molecule has 152 valence electrons. The zero-order chi connectivity index (χ0) is 20.7. The molecule has 0 saturated heterocycles. The van der Waals surface area contributed by atoms with Crippen LogP contribution in [0.5, 0.6) is 11.5 Å². The van der Waals surface area contributed by atoms with Gasteiger partial charge >= 0.3 is 0 Å². The molecule has 0 unspecified atom stereocenters. The van der Waals surface area contributed by atoms with Crippen molar-refractivity contribution in [2.45, 2.75) is 26.4 Å². The number of nitrogens with one attached hydrogen (secondary N) is 1. The van der Waals surface area contributed by atoms with E-state index in [1.807, 2.05) is 26.0 Å². The number of amides is 1. The molecular weight excluding hydrogens is 383 g/mol. The van der Waals surface area contributed by atoms with Crippen molar-refractivity contribution < 1.29 is 18.7 Å². The molecular formula is C21H26ClFN2O3. The third kappa shape index (κ3) is 5.84. The molecule has 0 radical (unpaired) electrons. The summed E-state index contributed by atoms with van der Waals surface area (Å²) < 4.78 is 25.2. The Morgan fingerprint density at radius 2 is 1.96 bits per heavy atom. The second-order valence-corrected chi connectivity index (χ2v) is 6.95. The van der Waals surface area contributed by atoms with E-state index in [2.05, 4.69) is 5.32 Å². The molecule has 0 spiro atoms. The van der Waals surface area contributed by atoms with Crippen LogP contribution in [0.3, 0.4) is 0 Å². The monoisotopic (exact) mass is 408 g/mol. The van der Waals surface area contributed by atoms with Gasteiger partial charge in [-0.3, -0.25) is 4.79 Å². The molecule has 0 saturated carbocycles. The number of rotatable bonds is 9. The van der Waals surface area contributed by atoms with Crippen LogP contribution in [0, 0.1) is 5.82 Å². The number of nitrogens with zero attached hydrogens (tertiary/aromatic N) is 1. The number of ether oxygens (including phenoxy) is 2. The third-order valence-corrected chi connectivity index (χ3v) is 4.47. The van der Waals surface area contributed by atoms with E-state index in [1.54, 1.807) is 32.3 Å².